The number of thiazole rings is 1. The molecule has 2 nitrogen and oxygen atoms in total. The van der Waals surface area contributed by atoms with Crippen molar-refractivity contribution in [2.24, 2.45) is 0 Å². The molecule has 0 radical (unpaired) electrons. The molecule has 0 spiro atoms. The molecule has 1 heterocycles. The smallest absolute Gasteiger partial charge is 0.110 e. The molecular weight excluding hydrogens is 156 g/mol. The second kappa shape index (κ2) is 3.83. The molecule has 1 aromatic heterocycles. The van der Waals surface area contributed by atoms with Gasteiger partial charge in [-0.05, 0) is 20.5 Å². The molecule has 0 fully saturated rings. The summed E-state index contributed by atoms with van der Waals surface area (Å²) in [4.78, 5) is 6.49. The second-order valence-corrected chi connectivity index (χ2v) is 3.68. The lowest BCUT2D eigenvalue weighted by Gasteiger charge is -2.19. The molecule has 0 saturated carbocycles. The molecule has 0 amide bonds. The average molecular weight is 170 g/mol. The molecule has 3 heteroatoms. The van der Waals surface area contributed by atoms with Crippen molar-refractivity contribution < 1.29 is 0 Å². The highest BCUT2D eigenvalue weighted by Gasteiger charge is 2.12. The fraction of sp³-hybridized carbons (Fsp3) is 0.625. The molecule has 11 heavy (non-hydrogen) atoms. The van der Waals surface area contributed by atoms with Crippen molar-refractivity contribution in [2.75, 3.05) is 14.1 Å². The molecule has 1 rings (SSSR count). The van der Waals surface area contributed by atoms with Gasteiger partial charge >= 0.3 is 0 Å². The molecule has 0 aliphatic carbocycles. The van der Waals surface area contributed by atoms with Crippen molar-refractivity contribution in [1.29, 1.82) is 0 Å². The lowest BCUT2D eigenvalue weighted by molar-refractivity contribution is 0.291. The highest BCUT2D eigenvalue weighted by molar-refractivity contribution is 7.09. The van der Waals surface area contributed by atoms with Crippen LogP contribution in [0.3, 0.4) is 0 Å². The summed E-state index contributed by atoms with van der Waals surface area (Å²) in [5.41, 5.74) is 0. The molecule has 0 saturated heterocycles. The normalized spacial score (nSPS) is 13.8. The molecule has 0 aromatic carbocycles. The number of aromatic nitrogens is 1. The van der Waals surface area contributed by atoms with Gasteiger partial charge in [0.25, 0.3) is 0 Å². The third-order valence-corrected chi connectivity index (χ3v) is 2.62. The van der Waals surface area contributed by atoms with Gasteiger partial charge in [0.05, 0.1) is 6.04 Å². The first-order valence-electron chi connectivity index (χ1n) is 3.81. The van der Waals surface area contributed by atoms with Crippen LogP contribution in [0, 0.1) is 0 Å². The van der Waals surface area contributed by atoms with Crippen LogP contribution in [-0.4, -0.2) is 24.0 Å². The number of rotatable bonds is 3. The van der Waals surface area contributed by atoms with Crippen LogP contribution in [0.2, 0.25) is 0 Å². The van der Waals surface area contributed by atoms with Gasteiger partial charge < -0.3 is 4.90 Å². The summed E-state index contributed by atoms with van der Waals surface area (Å²) in [6.07, 6.45) is 2.99. The van der Waals surface area contributed by atoms with E-state index >= 15 is 0 Å². The van der Waals surface area contributed by atoms with Crippen LogP contribution in [0.5, 0.6) is 0 Å². The van der Waals surface area contributed by atoms with E-state index in [-0.39, 0.29) is 0 Å². The highest BCUT2D eigenvalue weighted by Crippen LogP contribution is 2.22. The number of nitrogens with zero attached hydrogens (tertiary/aromatic N) is 2. The van der Waals surface area contributed by atoms with E-state index in [4.69, 9.17) is 0 Å². The van der Waals surface area contributed by atoms with Crippen LogP contribution < -0.4 is 0 Å². The lowest BCUT2D eigenvalue weighted by Crippen LogP contribution is -2.18. The Morgan fingerprint density at radius 2 is 2.36 bits per heavy atom. The average Bonchev–Trinajstić information content (AvgIpc) is 2.40. The van der Waals surface area contributed by atoms with E-state index in [1.165, 1.54) is 5.01 Å². The molecule has 0 aliphatic heterocycles. The van der Waals surface area contributed by atoms with Gasteiger partial charge in [0.2, 0.25) is 0 Å². The van der Waals surface area contributed by atoms with Crippen LogP contribution >= 0.6 is 11.3 Å². The van der Waals surface area contributed by atoms with E-state index in [1.807, 2.05) is 11.6 Å². The Balaban J connectivity index is 2.71. The minimum atomic E-state index is 0.495. The summed E-state index contributed by atoms with van der Waals surface area (Å²) >= 11 is 1.73. The maximum absolute atomic E-state index is 4.29. The summed E-state index contributed by atoms with van der Waals surface area (Å²) in [6, 6.07) is 0.495. The van der Waals surface area contributed by atoms with E-state index in [1.54, 1.807) is 11.3 Å². The van der Waals surface area contributed by atoms with E-state index in [0.717, 1.165) is 6.42 Å². The van der Waals surface area contributed by atoms with Crippen LogP contribution in [0.4, 0.5) is 0 Å². The van der Waals surface area contributed by atoms with Crippen molar-refractivity contribution >= 4 is 11.3 Å². The van der Waals surface area contributed by atoms with Crippen LogP contribution in [0.1, 0.15) is 24.4 Å². The monoisotopic (exact) mass is 170 g/mol. The van der Waals surface area contributed by atoms with Gasteiger partial charge in [-0.2, -0.15) is 0 Å². The Hall–Kier alpha value is -0.410. The van der Waals surface area contributed by atoms with Gasteiger partial charge in [0.15, 0.2) is 0 Å². The maximum Gasteiger partial charge on any atom is 0.110 e. The Kier molecular flexibility index (Phi) is 3.02. The van der Waals surface area contributed by atoms with Crippen LogP contribution in [-0.2, 0) is 0 Å². The Morgan fingerprint density at radius 1 is 1.64 bits per heavy atom. The van der Waals surface area contributed by atoms with Crippen molar-refractivity contribution in [3.8, 4) is 0 Å². The largest absolute Gasteiger partial charge is 0.300 e. The van der Waals surface area contributed by atoms with Crippen molar-refractivity contribution in [3.05, 3.63) is 16.6 Å². The topological polar surface area (TPSA) is 16.1 Å². The van der Waals surface area contributed by atoms with Crippen LogP contribution in [0.15, 0.2) is 11.6 Å². The fourth-order valence-electron chi connectivity index (χ4n) is 1.16. The molecule has 0 aliphatic rings. The second-order valence-electron chi connectivity index (χ2n) is 2.76. The summed E-state index contributed by atoms with van der Waals surface area (Å²) in [7, 11) is 4.19. The first-order valence-corrected chi connectivity index (χ1v) is 4.69. The first kappa shape index (κ1) is 8.68. The summed E-state index contributed by atoms with van der Waals surface area (Å²) in [5.74, 6) is 0. The standard InChI is InChI=1S/C8H14N2S/c1-4-7(10(2)3)8-9-5-6-11-8/h5-7H,4H2,1-3H3. The van der Waals surface area contributed by atoms with Gasteiger partial charge in [-0.1, -0.05) is 6.92 Å². The zero-order chi connectivity index (χ0) is 8.27. The molecule has 1 aromatic rings. The van der Waals surface area contributed by atoms with Crippen molar-refractivity contribution in [1.82, 2.24) is 9.88 Å². The summed E-state index contributed by atoms with van der Waals surface area (Å²) in [6.45, 7) is 2.19. The molecule has 1 atom stereocenters. The van der Waals surface area contributed by atoms with E-state index < -0.39 is 0 Å². The third-order valence-electron chi connectivity index (χ3n) is 1.75. The zero-order valence-electron chi connectivity index (χ0n) is 7.24. The Morgan fingerprint density at radius 3 is 2.73 bits per heavy atom. The molecule has 0 bridgehead atoms. The predicted octanol–water partition coefficient (Wildman–Crippen LogP) is 2.16. The van der Waals surface area contributed by atoms with Gasteiger partial charge in [0, 0.05) is 11.6 Å². The quantitative estimate of drug-likeness (QED) is 0.691. The van der Waals surface area contributed by atoms with Crippen molar-refractivity contribution in [3.63, 3.8) is 0 Å². The van der Waals surface area contributed by atoms with Gasteiger partial charge in [-0.15, -0.1) is 11.3 Å². The minimum absolute atomic E-state index is 0.495. The molecule has 62 valence electrons. The van der Waals surface area contributed by atoms with E-state index in [9.17, 15) is 0 Å². The van der Waals surface area contributed by atoms with Gasteiger partial charge in [-0.25, -0.2) is 4.98 Å². The molecule has 1 unspecified atom stereocenters. The number of hydrogen-bond donors (Lipinski definition) is 0. The van der Waals surface area contributed by atoms with Gasteiger partial charge in [0.1, 0.15) is 5.01 Å². The van der Waals surface area contributed by atoms with E-state index in [0.29, 0.717) is 6.04 Å². The zero-order valence-corrected chi connectivity index (χ0v) is 8.06. The summed E-state index contributed by atoms with van der Waals surface area (Å²) in [5, 5.41) is 3.25. The SMILES string of the molecule is CCC(c1nccs1)N(C)C. The Labute approximate surface area is 71.9 Å². The van der Waals surface area contributed by atoms with Gasteiger partial charge in [-0.3, -0.25) is 0 Å². The Bertz CT molecular complexity index is 194. The molecule has 0 N–H and O–H groups in total. The predicted molar refractivity (Wildman–Crippen MR) is 48.8 cm³/mol. The first-order chi connectivity index (χ1) is 5.25. The third kappa shape index (κ3) is 2.01. The lowest BCUT2D eigenvalue weighted by atomic mass is 10.2. The number of hydrogen-bond acceptors (Lipinski definition) is 3. The fourth-order valence-corrected chi connectivity index (χ4v) is 2.08. The maximum atomic E-state index is 4.29. The minimum Gasteiger partial charge on any atom is -0.300 e. The van der Waals surface area contributed by atoms with Crippen molar-refractivity contribution in [2.45, 2.75) is 19.4 Å². The van der Waals surface area contributed by atoms with E-state index in [2.05, 4.69) is 30.9 Å². The highest BCUT2D eigenvalue weighted by atomic mass is 32.1. The van der Waals surface area contributed by atoms with Crippen LogP contribution in [0.25, 0.3) is 0 Å². The molecular formula is C8H14N2S. The summed E-state index contributed by atoms with van der Waals surface area (Å²) < 4.78 is 0.